The van der Waals surface area contributed by atoms with Crippen molar-refractivity contribution in [2.75, 3.05) is 6.54 Å². The fourth-order valence-electron chi connectivity index (χ4n) is 3.54. The number of ether oxygens (including phenoxy) is 1. The first kappa shape index (κ1) is 28.5. The first-order chi connectivity index (χ1) is 15.2. The molecule has 0 aliphatic carbocycles. The molecule has 0 saturated carbocycles. The van der Waals surface area contributed by atoms with Gasteiger partial charge in [0, 0.05) is 12.1 Å². The average molecular weight is 462 g/mol. The quantitative estimate of drug-likeness (QED) is 0.513. The van der Waals surface area contributed by atoms with Crippen molar-refractivity contribution in [1.82, 2.24) is 15.5 Å². The number of carbonyl (C=O) groups is 3. The summed E-state index contributed by atoms with van der Waals surface area (Å²) in [5.74, 6) is -0.590. The zero-order chi connectivity index (χ0) is 25.4. The van der Waals surface area contributed by atoms with Gasteiger partial charge in [0.05, 0.1) is 0 Å². The molecule has 0 saturated heterocycles. The van der Waals surface area contributed by atoms with Crippen LogP contribution in [0.5, 0.6) is 0 Å². The van der Waals surface area contributed by atoms with Crippen LogP contribution >= 0.6 is 0 Å². The normalized spacial score (nSPS) is 13.6. The summed E-state index contributed by atoms with van der Waals surface area (Å²) in [6.07, 6.45) is 2.28. The van der Waals surface area contributed by atoms with E-state index in [4.69, 9.17) is 4.74 Å². The second kappa shape index (κ2) is 12.1. The number of benzene rings is 1. The third-order valence-corrected chi connectivity index (χ3v) is 5.01. The summed E-state index contributed by atoms with van der Waals surface area (Å²) in [5, 5.41) is 5.63. The Labute approximate surface area is 199 Å². The van der Waals surface area contributed by atoms with E-state index in [2.05, 4.69) is 17.6 Å². The predicted molar refractivity (Wildman–Crippen MR) is 132 cm³/mol. The Hall–Kier alpha value is -2.57. The smallest absolute Gasteiger partial charge is 0.408 e. The maximum Gasteiger partial charge on any atom is 0.408 e. The summed E-state index contributed by atoms with van der Waals surface area (Å²) in [5.41, 5.74) is 0.364. The minimum Gasteiger partial charge on any atom is -0.444 e. The van der Waals surface area contributed by atoms with Gasteiger partial charge in [0.1, 0.15) is 17.7 Å². The van der Waals surface area contributed by atoms with Crippen molar-refractivity contribution in [2.24, 2.45) is 0 Å². The molecule has 7 nitrogen and oxygen atoms in total. The number of aryl methyl sites for hydroxylation is 1. The molecule has 33 heavy (non-hydrogen) atoms. The highest BCUT2D eigenvalue weighted by atomic mass is 16.6. The van der Waals surface area contributed by atoms with E-state index in [1.165, 1.54) is 0 Å². The first-order valence-electron chi connectivity index (χ1n) is 11.8. The molecule has 1 aromatic carbocycles. The molecule has 2 N–H and O–H groups in total. The van der Waals surface area contributed by atoms with E-state index in [1.54, 1.807) is 32.6 Å². The lowest BCUT2D eigenvalue weighted by Gasteiger charge is -2.42. The van der Waals surface area contributed by atoms with Gasteiger partial charge in [-0.3, -0.25) is 9.59 Å². The monoisotopic (exact) mass is 461 g/mol. The van der Waals surface area contributed by atoms with Crippen LogP contribution in [0.3, 0.4) is 0 Å². The third-order valence-electron chi connectivity index (χ3n) is 5.01. The number of nitrogens with one attached hydrogen (secondary N) is 2. The number of nitrogens with zero attached hydrogens (tertiary/aromatic N) is 1. The Morgan fingerprint density at radius 2 is 1.70 bits per heavy atom. The molecular weight excluding hydrogens is 418 g/mol. The van der Waals surface area contributed by atoms with Crippen molar-refractivity contribution in [3.05, 3.63) is 35.4 Å². The van der Waals surface area contributed by atoms with Crippen molar-refractivity contribution >= 4 is 17.9 Å². The van der Waals surface area contributed by atoms with Crippen molar-refractivity contribution in [2.45, 2.75) is 105 Å². The van der Waals surface area contributed by atoms with E-state index in [9.17, 15) is 14.4 Å². The van der Waals surface area contributed by atoms with Crippen LogP contribution in [0.2, 0.25) is 0 Å². The van der Waals surface area contributed by atoms with Gasteiger partial charge in [0.15, 0.2) is 0 Å². The third kappa shape index (κ3) is 9.44. The minimum atomic E-state index is -0.876. The number of carbonyl (C=O) groups excluding carboxylic acids is 3. The fraction of sp³-hybridized carbons (Fsp3) is 0.654. The van der Waals surface area contributed by atoms with Gasteiger partial charge >= 0.3 is 6.09 Å². The SMILES string of the molecule is CCCCCNC(=O)C(c1cccc(C)c1)N(C(=O)C(C)NC(=O)OC(C)(C)C)C(C)(C)C. The summed E-state index contributed by atoms with van der Waals surface area (Å²) in [4.78, 5) is 40.9. The molecule has 1 rings (SSSR count). The van der Waals surface area contributed by atoms with E-state index in [-0.39, 0.29) is 11.8 Å². The molecule has 0 radical (unpaired) electrons. The van der Waals surface area contributed by atoms with Gasteiger partial charge in [-0.25, -0.2) is 4.79 Å². The number of hydrogen-bond acceptors (Lipinski definition) is 4. The zero-order valence-corrected chi connectivity index (χ0v) is 21.9. The van der Waals surface area contributed by atoms with Crippen LogP contribution < -0.4 is 10.6 Å². The molecule has 186 valence electrons. The lowest BCUT2D eigenvalue weighted by Crippen LogP contribution is -2.58. The van der Waals surface area contributed by atoms with Crippen LogP contribution in [0.25, 0.3) is 0 Å². The second-order valence-electron chi connectivity index (χ2n) is 10.6. The van der Waals surface area contributed by atoms with Gasteiger partial charge in [-0.2, -0.15) is 0 Å². The molecule has 0 aliphatic rings. The molecule has 1 aromatic rings. The molecule has 0 aliphatic heterocycles. The molecule has 0 heterocycles. The van der Waals surface area contributed by atoms with Crippen LogP contribution in [-0.4, -0.2) is 46.5 Å². The molecule has 0 fully saturated rings. The summed E-state index contributed by atoms with van der Waals surface area (Å²) >= 11 is 0. The number of rotatable bonds is 9. The standard InChI is InChI=1S/C26H43N3O4/c1-10-11-12-16-27-22(30)21(20-15-13-14-18(2)17-20)29(25(4,5)6)23(31)19(3)28-24(32)33-26(7,8)9/h13-15,17,19,21H,10-12,16H2,1-9H3,(H,27,30)(H,28,32). The predicted octanol–water partition coefficient (Wildman–Crippen LogP) is 4.88. The molecular formula is C26H43N3O4. The van der Waals surface area contributed by atoms with Crippen molar-refractivity contribution < 1.29 is 19.1 Å². The van der Waals surface area contributed by atoms with Crippen molar-refractivity contribution in [1.29, 1.82) is 0 Å². The Morgan fingerprint density at radius 1 is 1.06 bits per heavy atom. The fourth-order valence-corrected chi connectivity index (χ4v) is 3.54. The Balaban J connectivity index is 3.30. The number of amides is 3. The van der Waals surface area contributed by atoms with Gasteiger partial charge in [-0.05, 0) is 67.4 Å². The molecule has 2 atom stereocenters. The highest BCUT2D eigenvalue weighted by Gasteiger charge is 2.40. The average Bonchev–Trinajstić information content (AvgIpc) is 2.66. The van der Waals surface area contributed by atoms with Gasteiger partial charge < -0.3 is 20.3 Å². The Morgan fingerprint density at radius 3 is 2.21 bits per heavy atom. The van der Waals surface area contributed by atoms with Crippen LogP contribution in [0, 0.1) is 6.92 Å². The second-order valence-corrected chi connectivity index (χ2v) is 10.6. The van der Waals surface area contributed by atoms with E-state index in [0.29, 0.717) is 6.54 Å². The van der Waals surface area contributed by atoms with E-state index in [1.807, 2.05) is 52.0 Å². The van der Waals surface area contributed by atoms with Gasteiger partial charge in [-0.1, -0.05) is 49.6 Å². The van der Waals surface area contributed by atoms with Crippen LogP contribution in [-0.2, 0) is 14.3 Å². The molecule has 0 bridgehead atoms. The number of alkyl carbamates (subject to hydrolysis) is 1. The molecule has 7 heteroatoms. The molecule has 0 spiro atoms. The van der Waals surface area contributed by atoms with Crippen molar-refractivity contribution in [3.63, 3.8) is 0 Å². The topological polar surface area (TPSA) is 87.7 Å². The van der Waals surface area contributed by atoms with E-state index in [0.717, 1.165) is 30.4 Å². The summed E-state index contributed by atoms with van der Waals surface area (Å²) in [6.45, 7) is 17.2. The Bertz CT molecular complexity index is 808. The van der Waals surface area contributed by atoms with Crippen LogP contribution in [0.4, 0.5) is 4.79 Å². The summed E-state index contributed by atoms with van der Waals surface area (Å²) < 4.78 is 5.31. The largest absolute Gasteiger partial charge is 0.444 e. The van der Waals surface area contributed by atoms with Gasteiger partial charge in [0.2, 0.25) is 11.8 Å². The lowest BCUT2D eigenvalue weighted by atomic mass is 9.94. The van der Waals surface area contributed by atoms with Crippen molar-refractivity contribution in [3.8, 4) is 0 Å². The van der Waals surface area contributed by atoms with Crippen LogP contribution in [0.1, 0.15) is 91.8 Å². The van der Waals surface area contributed by atoms with E-state index >= 15 is 0 Å². The van der Waals surface area contributed by atoms with Gasteiger partial charge in [-0.15, -0.1) is 0 Å². The zero-order valence-electron chi connectivity index (χ0n) is 21.9. The number of hydrogen-bond donors (Lipinski definition) is 2. The summed E-state index contributed by atoms with van der Waals surface area (Å²) in [7, 11) is 0. The molecule has 3 amide bonds. The maximum atomic E-state index is 13.6. The summed E-state index contributed by atoms with van der Waals surface area (Å²) in [6, 6.07) is 5.92. The molecule has 0 aromatic heterocycles. The minimum absolute atomic E-state index is 0.232. The van der Waals surface area contributed by atoms with Gasteiger partial charge in [0.25, 0.3) is 0 Å². The highest BCUT2D eigenvalue weighted by molar-refractivity contribution is 5.92. The van der Waals surface area contributed by atoms with Crippen LogP contribution in [0.15, 0.2) is 24.3 Å². The highest BCUT2D eigenvalue weighted by Crippen LogP contribution is 2.30. The maximum absolute atomic E-state index is 13.6. The van der Waals surface area contributed by atoms with E-state index < -0.39 is 29.3 Å². The molecule has 2 unspecified atom stereocenters. The first-order valence-corrected chi connectivity index (χ1v) is 11.8. The number of unbranched alkanes of at least 4 members (excludes halogenated alkanes) is 2. The Kier molecular flexibility index (Phi) is 10.4. The lowest BCUT2D eigenvalue weighted by molar-refractivity contribution is -0.148.